The van der Waals surface area contributed by atoms with Gasteiger partial charge in [0.15, 0.2) is 0 Å². The van der Waals surface area contributed by atoms with Crippen molar-refractivity contribution in [1.82, 2.24) is 0 Å². The zero-order valence-corrected chi connectivity index (χ0v) is 27.8. The fourth-order valence-corrected chi connectivity index (χ4v) is 2.09. The topological polar surface area (TPSA) is 0 Å². The smallest absolute Gasteiger partial charge is 0.109 e. The molecule has 3 aromatic carbocycles. The van der Waals surface area contributed by atoms with Crippen molar-refractivity contribution in [2.75, 3.05) is 0 Å². The summed E-state index contributed by atoms with van der Waals surface area (Å²) < 4.78 is 1.42. The van der Waals surface area contributed by atoms with Crippen LogP contribution in [0.5, 0.6) is 0 Å². The van der Waals surface area contributed by atoms with Gasteiger partial charge in [-0.05, 0) is 0 Å². The Labute approximate surface area is 262 Å². The van der Waals surface area contributed by atoms with Crippen molar-refractivity contribution in [1.29, 1.82) is 0 Å². The number of hydrogen-bond donors (Lipinski definition) is 0. The zero-order valence-electron chi connectivity index (χ0n) is 23.6. The first kappa shape index (κ1) is 52.5. The summed E-state index contributed by atoms with van der Waals surface area (Å²) in [5.41, 5.74) is 0. The molecule has 1 heterocycles. The molecule has 0 saturated carbocycles. The molecular weight excluding hydrogens is 558 g/mol. The summed E-state index contributed by atoms with van der Waals surface area (Å²) in [7, 11) is 0.823. The van der Waals surface area contributed by atoms with Gasteiger partial charge in [0.05, 0.1) is 0 Å². The molecule has 0 spiro atoms. The molecule has 1 atom stereocenters. The van der Waals surface area contributed by atoms with Crippen molar-refractivity contribution in [3.05, 3.63) is 187 Å². The molecular formula is C34H44Cl2PTi-9. The molecule has 4 aromatic rings. The maximum atomic E-state index is 3.01. The van der Waals surface area contributed by atoms with Crippen molar-refractivity contribution in [3.8, 4) is 0 Å². The SMILES string of the molecule is C[C](C)=[Ti].Cl.Cl.[C-]1=CC=CC1.[CH3-].[CH3-].[CH3-].[CH3-].[c-]1ccc[pH]1.[c-]1ccccc1.[c-]1ccccc1.[c-]1ccccc1. The van der Waals surface area contributed by atoms with Crippen LogP contribution in [0.15, 0.2) is 127 Å². The Morgan fingerprint density at radius 3 is 1.05 bits per heavy atom. The van der Waals surface area contributed by atoms with E-state index in [9.17, 15) is 0 Å². The van der Waals surface area contributed by atoms with Gasteiger partial charge < -0.3 is 29.7 Å². The Kier molecular flexibility index (Phi) is 66.6. The maximum Gasteiger partial charge on any atom is -0.109 e. The third-order valence-corrected chi connectivity index (χ3v) is 3.54. The number of halogens is 2. The first-order valence-electron chi connectivity index (χ1n) is 10.2. The maximum absolute atomic E-state index is 3.01. The van der Waals surface area contributed by atoms with Gasteiger partial charge >= 0.3 is 37.6 Å². The molecule has 38 heavy (non-hydrogen) atoms. The molecule has 0 amide bonds. The van der Waals surface area contributed by atoms with E-state index in [0.29, 0.717) is 0 Å². The largest absolute Gasteiger partial charge is 0.358 e. The zero-order chi connectivity index (χ0) is 23.4. The third kappa shape index (κ3) is 54.8. The van der Waals surface area contributed by atoms with E-state index in [1.54, 1.807) is 0 Å². The van der Waals surface area contributed by atoms with Gasteiger partial charge in [0.25, 0.3) is 0 Å². The molecule has 1 aliphatic rings. The second kappa shape index (κ2) is 48.2. The molecule has 0 N–H and O–H groups in total. The van der Waals surface area contributed by atoms with Crippen LogP contribution in [0.25, 0.3) is 0 Å². The van der Waals surface area contributed by atoms with Gasteiger partial charge in [-0.2, -0.15) is 133 Å². The van der Waals surface area contributed by atoms with Gasteiger partial charge in [-0.15, -0.1) is 31.2 Å². The molecule has 1 aromatic heterocycles. The van der Waals surface area contributed by atoms with Crippen LogP contribution in [0.2, 0.25) is 0 Å². The van der Waals surface area contributed by atoms with E-state index in [0.717, 1.165) is 14.6 Å². The molecule has 4 heteroatoms. The van der Waals surface area contributed by atoms with Crippen LogP contribution < -0.4 is 0 Å². The molecule has 0 nitrogen and oxygen atoms in total. The molecule has 0 bridgehead atoms. The van der Waals surface area contributed by atoms with Crippen molar-refractivity contribution in [2.45, 2.75) is 20.3 Å². The average Bonchev–Trinajstić information content (AvgIpc) is 3.63. The van der Waals surface area contributed by atoms with Crippen LogP contribution in [0.4, 0.5) is 0 Å². The summed E-state index contributed by atoms with van der Waals surface area (Å²) in [6, 6.07) is 41.5. The normalized spacial score (nSPS) is 8.03. The number of hydrogen-bond acceptors (Lipinski definition) is 0. The van der Waals surface area contributed by atoms with Crippen molar-refractivity contribution in [2.24, 2.45) is 0 Å². The molecule has 5 rings (SSSR count). The predicted molar refractivity (Wildman–Crippen MR) is 179 cm³/mol. The fraction of sp³-hybridized carbons (Fsp3) is 0.0882. The van der Waals surface area contributed by atoms with Crippen LogP contribution in [0, 0.1) is 59.8 Å². The summed E-state index contributed by atoms with van der Waals surface area (Å²) in [6.07, 6.45) is 10.0. The van der Waals surface area contributed by atoms with Gasteiger partial charge in [0, 0.05) is 0 Å². The minimum absolute atomic E-state index is 0. The van der Waals surface area contributed by atoms with Crippen LogP contribution in [-0.4, -0.2) is 3.81 Å². The Morgan fingerprint density at radius 1 is 0.605 bits per heavy atom. The molecule has 0 radical (unpaired) electrons. The fourth-order valence-electron chi connectivity index (χ4n) is 1.61. The van der Waals surface area contributed by atoms with Gasteiger partial charge in [0.1, 0.15) is 0 Å². The first-order valence-corrected chi connectivity index (χ1v) is 12.1. The van der Waals surface area contributed by atoms with Crippen molar-refractivity contribution in [3.63, 3.8) is 0 Å². The second-order valence-corrected chi connectivity index (χ2v) is 8.52. The van der Waals surface area contributed by atoms with Crippen LogP contribution in [0.3, 0.4) is 0 Å². The van der Waals surface area contributed by atoms with E-state index in [1.807, 2.05) is 115 Å². The minimum atomic E-state index is 0. The van der Waals surface area contributed by atoms with Gasteiger partial charge in [-0.3, -0.25) is 14.3 Å². The molecule has 0 saturated heterocycles. The predicted octanol–water partition coefficient (Wildman–Crippen LogP) is 10.7. The van der Waals surface area contributed by atoms with Crippen LogP contribution >= 0.6 is 33.0 Å². The minimum Gasteiger partial charge on any atom is -0.358 e. The van der Waals surface area contributed by atoms with Gasteiger partial charge in [-0.25, -0.2) is 18.2 Å². The van der Waals surface area contributed by atoms with Crippen LogP contribution in [0.1, 0.15) is 20.3 Å². The number of allylic oxidation sites excluding steroid dienone is 4. The Morgan fingerprint density at radius 2 is 0.974 bits per heavy atom. The van der Waals surface area contributed by atoms with E-state index in [4.69, 9.17) is 0 Å². The quantitative estimate of drug-likeness (QED) is 0.139. The Bertz CT molecular complexity index is 693. The average molecular weight is 602 g/mol. The second-order valence-electron chi connectivity index (χ2n) is 6.05. The monoisotopic (exact) mass is 601 g/mol. The summed E-state index contributed by atoms with van der Waals surface area (Å²) in [6.45, 7) is 4.17. The summed E-state index contributed by atoms with van der Waals surface area (Å²) in [5, 5.41) is 0. The molecule has 212 valence electrons. The molecule has 1 aliphatic carbocycles. The van der Waals surface area contributed by atoms with Crippen molar-refractivity contribution >= 4 is 36.8 Å². The Balaban J connectivity index is -0.0000000591. The van der Waals surface area contributed by atoms with Gasteiger partial charge in [-0.1, -0.05) is 0 Å². The third-order valence-electron chi connectivity index (χ3n) is 2.85. The molecule has 0 aliphatic heterocycles. The molecule has 1 unspecified atom stereocenters. The van der Waals surface area contributed by atoms with E-state index in [-0.39, 0.29) is 54.5 Å². The summed E-state index contributed by atoms with van der Waals surface area (Å²) in [5.74, 6) is 5.11. The van der Waals surface area contributed by atoms with E-state index < -0.39 is 0 Å². The Hall–Kier alpha value is -1.92. The van der Waals surface area contributed by atoms with Gasteiger partial charge in [0.2, 0.25) is 0 Å². The number of rotatable bonds is 0. The van der Waals surface area contributed by atoms with Crippen LogP contribution in [-0.2, 0) is 20.0 Å². The number of benzene rings is 3. The molecule has 0 fully saturated rings. The first-order chi connectivity index (χ1) is 15.7. The standard InChI is InChI=1S/3C6H5.C5H5.C4H4P.C3H6.4CH3.2ClH.Ti/c3*1-2-4-6-5-3-1;2*1-2-4-5-3-1;1-3-2;;;;;;;/h3*1-5H;1-3H,4H2;1-3,5H;1-2H3;4*1H3;2*1H;/q5*-1;;4*-1;;;. The van der Waals surface area contributed by atoms with E-state index >= 15 is 0 Å². The van der Waals surface area contributed by atoms with E-state index in [1.165, 1.54) is 3.81 Å². The summed E-state index contributed by atoms with van der Waals surface area (Å²) in [4.78, 5) is 0. The summed E-state index contributed by atoms with van der Waals surface area (Å²) >= 11 is 2.08. The van der Waals surface area contributed by atoms with E-state index in [2.05, 4.69) is 75.8 Å². The van der Waals surface area contributed by atoms with Crippen molar-refractivity contribution < 1.29 is 20.0 Å².